The van der Waals surface area contributed by atoms with Gasteiger partial charge in [-0.15, -0.1) is 0 Å². The lowest BCUT2D eigenvalue weighted by Crippen LogP contribution is -2.41. The lowest BCUT2D eigenvalue weighted by Gasteiger charge is -2.18. The summed E-state index contributed by atoms with van der Waals surface area (Å²) >= 11 is 0. The molecule has 104 valence electrons. The fourth-order valence-corrected chi connectivity index (χ4v) is 3.97. The molecule has 0 radical (unpaired) electrons. The van der Waals surface area contributed by atoms with Gasteiger partial charge >= 0.3 is 0 Å². The molecular formula is C13H19N3O2S. The molecule has 2 aliphatic rings. The van der Waals surface area contributed by atoms with E-state index in [1.54, 1.807) is 7.05 Å². The topological polar surface area (TPSA) is 61.4 Å². The van der Waals surface area contributed by atoms with E-state index < -0.39 is 10.2 Å². The summed E-state index contributed by atoms with van der Waals surface area (Å²) in [5, 5.41) is 3.26. The first kappa shape index (κ1) is 13.1. The second-order valence-electron chi connectivity index (χ2n) is 5.38. The number of piperidine rings is 1. The molecule has 1 heterocycles. The van der Waals surface area contributed by atoms with E-state index in [-0.39, 0.29) is 6.04 Å². The second-order valence-corrected chi connectivity index (χ2v) is 7.19. The standard InChI is InChI=1S/C13H19N3O2S/c1-16(9-10-5-3-2-4-6-10)19(17,18)15-13-11-7-14-8-12(11)13/h2-6,11-15H,7-9H2,1H3. The average Bonchev–Trinajstić information content (AvgIpc) is 2.83. The van der Waals surface area contributed by atoms with Crippen LogP contribution in [0.5, 0.6) is 0 Å². The highest BCUT2D eigenvalue weighted by Crippen LogP contribution is 2.42. The van der Waals surface area contributed by atoms with Gasteiger partial charge in [-0.3, -0.25) is 0 Å². The van der Waals surface area contributed by atoms with Crippen LogP contribution in [0.1, 0.15) is 5.56 Å². The highest BCUT2D eigenvalue weighted by atomic mass is 32.2. The molecule has 1 aliphatic carbocycles. The first-order valence-corrected chi connectivity index (χ1v) is 8.00. The zero-order valence-corrected chi connectivity index (χ0v) is 11.7. The molecule has 1 aromatic carbocycles. The fourth-order valence-electron chi connectivity index (χ4n) is 2.78. The SMILES string of the molecule is CN(Cc1ccccc1)S(=O)(=O)NC1C2CNCC21. The highest BCUT2D eigenvalue weighted by molar-refractivity contribution is 7.87. The van der Waals surface area contributed by atoms with Crippen LogP contribution < -0.4 is 10.0 Å². The first-order valence-electron chi connectivity index (χ1n) is 6.56. The minimum atomic E-state index is -3.38. The Bertz CT molecular complexity index is 536. The smallest absolute Gasteiger partial charge is 0.279 e. The van der Waals surface area contributed by atoms with Gasteiger partial charge in [-0.2, -0.15) is 17.4 Å². The number of hydrogen-bond acceptors (Lipinski definition) is 3. The van der Waals surface area contributed by atoms with Crippen molar-refractivity contribution in [1.82, 2.24) is 14.3 Å². The van der Waals surface area contributed by atoms with Gasteiger partial charge in [-0.1, -0.05) is 30.3 Å². The quantitative estimate of drug-likeness (QED) is 0.809. The molecule has 0 amide bonds. The molecule has 2 atom stereocenters. The third kappa shape index (κ3) is 2.67. The predicted molar refractivity (Wildman–Crippen MR) is 73.6 cm³/mol. The summed E-state index contributed by atoms with van der Waals surface area (Å²) in [5.41, 5.74) is 0.994. The van der Waals surface area contributed by atoms with Gasteiger partial charge in [0.15, 0.2) is 0 Å². The molecule has 3 rings (SSSR count). The van der Waals surface area contributed by atoms with Crippen molar-refractivity contribution >= 4 is 10.2 Å². The summed E-state index contributed by atoms with van der Waals surface area (Å²) in [6.07, 6.45) is 0. The molecule has 1 saturated carbocycles. The zero-order valence-electron chi connectivity index (χ0n) is 10.9. The van der Waals surface area contributed by atoms with Gasteiger partial charge in [-0.25, -0.2) is 0 Å². The van der Waals surface area contributed by atoms with Crippen molar-refractivity contribution in [3.8, 4) is 0 Å². The summed E-state index contributed by atoms with van der Waals surface area (Å²) in [7, 11) is -1.76. The number of fused-ring (bicyclic) bond motifs is 1. The van der Waals surface area contributed by atoms with Gasteiger partial charge in [-0.05, 0) is 30.5 Å². The zero-order chi connectivity index (χ0) is 13.5. The van der Waals surface area contributed by atoms with Crippen LogP contribution in [0.15, 0.2) is 30.3 Å². The van der Waals surface area contributed by atoms with Gasteiger partial charge < -0.3 is 5.32 Å². The van der Waals surface area contributed by atoms with Crippen molar-refractivity contribution in [2.45, 2.75) is 12.6 Å². The third-order valence-electron chi connectivity index (χ3n) is 4.04. The monoisotopic (exact) mass is 281 g/mol. The molecular weight excluding hydrogens is 262 g/mol. The number of nitrogens with zero attached hydrogens (tertiary/aromatic N) is 1. The van der Waals surface area contributed by atoms with Crippen molar-refractivity contribution in [3.05, 3.63) is 35.9 Å². The Kier molecular flexibility index (Phi) is 3.34. The van der Waals surface area contributed by atoms with Gasteiger partial charge in [0.05, 0.1) is 0 Å². The van der Waals surface area contributed by atoms with Gasteiger partial charge in [0.2, 0.25) is 0 Å². The molecule has 5 nitrogen and oxygen atoms in total. The largest absolute Gasteiger partial charge is 0.316 e. The average molecular weight is 281 g/mol. The number of hydrogen-bond donors (Lipinski definition) is 2. The van der Waals surface area contributed by atoms with E-state index in [1.165, 1.54) is 4.31 Å². The Labute approximate surface area is 114 Å². The molecule has 0 bridgehead atoms. The Morgan fingerprint density at radius 1 is 1.26 bits per heavy atom. The van der Waals surface area contributed by atoms with E-state index in [9.17, 15) is 8.42 Å². The molecule has 0 spiro atoms. The second kappa shape index (κ2) is 4.86. The molecule has 1 aliphatic heterocycles. The van der Waals surface area contributed by atoms with Crippen LogP contribution in [0, 0.1) is 11.8 Å². The van der Waals surface area contributed by atoms with Crippen LogP contribution in [0.3, 0.4) is 0 Å². The lowest BCUT2D eigenvalue weighted by atomic mass is 10.2. The highest BCUT2D eigenvalue weighted by Gasteiger charge is 2.54. The van der Waals surface area contributed by atoms with E-state index in [0.29, 0.717) is 18.4 Å². The maximum atomic E-state index is 12.2. The van der Waals surface area contributed by atoms with Crippen LogP contribution in [0.25, 0.3) is 0 Å². The van der Waals surface area contributed by atoms with E-state index in [2.05, 4.69) is 10.0 Å². The Morgan fingerprint density at radius 2 is 1.89 bits per heavy atom. The van der Waals surface area contributed by atoms with Crippen molar-refractivity contribution < 1.29 is 8.42 Å². The molecule has 19 heavy (non-hydrogen) atoms. The van der Waals surface area contributed by atoms with Crippen molar-refractivity contribution in [3.63, 3.8) is 0 Å². The van der Waals surface area contributed by atoms with Crippen LogP contribution >= 0.6 is 0 Å². The van der Waals surface area contributed by atoms with Gasteiger partial charge in [0, 0.05) is 19.6 Å². The third-order valence-corrected chi connectivity index (χ3v) is 5.55. The van der Waals surface area contributed by atoms with Crippen LogP contribution in [0.2, 0.25) is 0 Å². The Balaban J connectivity index is 1.60. The maximum Gasteiger partial charge on any atom is 0.279 e. The lowest BCUT2D eigenvalue weighted by molar-refractivity contribution is 0.449. The normalized spacial score (nSPS) is 29.5. The van der Waals surface area contributed by atoms with Crippen LogP contribution in [-0.2, 0) is 16.8 Å². The fraction of sp³-hybridized carbons (Fsp3) is 0.538. The summed E-state index contributed by atoms with van der Waals surface area (Å²) in [6, 6.07) is 9.75. The molecule has 1 saturated heterocycles. The summed E-state index contributed by atoms with van der Waals surface area (Å²) in [6.45, 7) is 2.26. The van der Waals surface area contributed by atoms with Crippen molar-refractivity contribution in [2.75, 3.05) is 20.1 Å². The molecule has 0 aromatic heterocycles. The minimum absolute atomic E-state index is 0.129. The molecule has 2 fully saturated rings. The van der Waals surface area contributed by atoms with E-state index >= 15 is 0 Å². The number of nitrogens with one attached hydrogen (secondary N) is 2. The summed E-state index contributed by atoms with van der Waals surface area (Å²) in [4.78, 5) is 0. The predicted octanol–water partition coefficient (Wildman–Crippen LogP) is 0.171. The number of benzene rings is 1. The summed E-state index contributed by atoms with van der Waals surface area (Å²) in [5.74, 6) is 0.972. The molecule has 2 N–H and O–H groups in total. The molecule has 2 unspecified atom stereocenters. The van der Waals surface area contributed by atoms with Gasteiger partial charge in [0.25, 0.3) is 10.2 Å². The molecule has 1 aromatic rings. The maximum absolute atomic E-state index is 12.2. The van der Waals surface area contributed by atoms with Crippen molar-refractivity contribution in [1.29, 1.82) is 0 Å². The number of rotatable bonds is 5. The van der Waals surface area contributed by atoms with E-state index in [0.717, 1.165) is 18.7 Å². The van der Waals surface area contributed by atoms with Crippen LogP contribution in [0.4, 0.5) is 0 Å². The minimum Gasteiger partial charge on any atom is -0.316 e. The van der Waals surface area contributed by atoms with Crippen LogP contribution in [-0.4, -0.2) is 38.9 Å². The molecule has 6 heteroatoms. The van der Waals surface area contributed by atoms with Crippen molar-refractivity contribution in [2.24, 2.45) is 11.8 Å². The van der Waals surface area contributed by atoms with E-state index in [4.69, 9.17) is 0 Å². The Hall–Kier alpha value is -0.950. The van der Waals surface area contributed by atoms with Gasteiger partial charge in [0.1, 0.15) is 0 Å². The first-order chi connectivity index (χ1) is 9.08. The Morgan fingerprint density at radius 3 is 2.53 bits per heavy atom. The summed E-state index contributed by atoms with van der Waals surface area (Å²) < 4.78 is 28.6. The van der Waals surface area contributed by atoms with E-state index in [1.807, 2.05) is 30.3 Å².